The molecular weight excluding hydrogens is 479 g/mol. The van der Waals surface area contributed by atoms with Gasteiger partial charge in [0.05, 0.1) is 0 Å². The Bertz CT molecular complexity index is 1130. The first kappa shape index (κ1) is 28.9. The maximum atomic E-state index is 14.9. The monoisotopic (exact) mass is 522 g/mol. The van der Waals surface area contributed by atoms with Crippen molar-refractivity contribution >= 4 is 7.82 Å². The van der Waals surface area contributed by atoms with Gasteiger partial charge < -0.3 is 13.6 Å². The molecular formula is C32H43O4P. The number of hydrogen-bond donors (Lipinski definition) is 0. The van der Waals surface area contributed by atoms with Crippen LogP contribution in [-0.2, 0) is 4.57 Å². The molecule has 0 N–H and O–H groups in total. The number of phosphoric ester groups is 1. The van der Waals surface area contributed by atoms with Crippen LogP contribution >= 0.6 is 7.82 Å². The molecule has 0 radical (unpaired) electrons. The van der Waals surface area contributed by atoms with E-state index >= 15 is 0 Å². The number of aryl methyl sites for hydroxylation is 2. The van der Waals surface area contributed by atoms with Gasteiger partial charge in [0.2, 0.25) is 0 Å². The summed E-state index contributed by atoms with van der Waals surface area (Å²) in [7, 11) is -4.21. The summed E-state index contributed by atoms with van der Waals surface area (Å²) in [6, 6.07) is 18.0. The van der Waals surface area contributed by atoms with Crippen LogP contribution in [0.3, 0.4) is 0 Å². The fourth-order valence-corrected chi connectivity index (χ4v) is 6.00. The van der Waals surface area contributed by atoms with Crippen LogP contribution in [0, 0.1) is 13.8 Å². The summed E-state index contributed by atoms with van der Waals surface area (Å²) < 4.78 is 34.2. The lowest BCUT2D eigenvalue weighted by molar-refractivity contribution is 0.291. The predicted octanol–water partition coefficient (Wildman–Crippen LogP) is 10.4. The molecule has 0 atom stereocenters. The molecule has 3 aromatic carbocycles. The minimum absolute atomic E-state index is 0.163. The molecule has 0 aliphatic heterocycles. The Morgan fingerprint density at radius 1 is 0.486 bits per heavy atom. The second kappa shape index (κ2) is 11.8. The molecule has 0 saturated heterocycles. The van der Waals surface area contributed by atoms with Gasteiger partial charge in [-0.25, -0.2) is 0 Å². The smallest absolute Gasteiger partial charge is 0.385 e. The van der Waals surface area contributed by atoms with Crippen LogP contribution in [-0.4, -0.2) is 0 Å². The van der Waals surface area contributed by atoms with Gasteiger partial charge >= 0.3 is 7.82 Å². The molecule has 0 fully saturated rings. The van der Waals surface area contributed by atoms with E-state index in [4.69, 9.17) is 13.6 Å². The fourth-order valence-electron chi connectivity index (χ4n) is 4.51. The lowest BCUT2D eigenvalue weighted by Crippen LogP contribution is -2.14. The molecule has 0 saturated carbocycles. The number of rotatable bonds is 10. The summed E-state index contributed by atoms with van der Waals surface area (Å²) in [5.41, 5.74) is 5.63. The third-order valence-electron chi connectivity index (χ3n) is 6.66. The SMILES string of the molecule is Cc1cccc(C)c1OP(=O)(Oc1c(C(C)C)cccc1C(C)C)Oc1c(C(C)C)cccc1C(C)C. The molecule has 0 aliphatic rings. The lowest BCUT2D eigenvalue weighted by atomic mass is 9.94. The van der Waals surface area contributed by atoms with E-state index in [1.54, 1.807) is 0 Å². The average Bonchev–Trinajstić information content (AvgIpc) is 2.81. The highest BCUT2D eigenvalue weighted by molar-refractivity contribution is 7.49. The second-order valence-corrected chi connectivity index (χ2v) is 12.5. The van der Waals surface area contributed by atoms with Crippen LogP contribution < -0.4 is 13.6 Å². The highest BCUT2D eigenvalue weighted by Crippen LogP contribution is 2.55. The summed E-state index contributed by atoms with van der Waals surface area (Å²) in [5, 5.41) is 0. The first-order valence-electron chi connectivity index (χ1n) is 13.3. The van der Waals surface area contributed by atoms with E-state index in [9.17, 15) is 4.57 Å². The molecule has 0 heterocycles. The standard InChI is InChI=1S/C32H43O4P/c1-20(2)26-16-12-17-27(21(3)4)31(26)35-37(33,34-30-24(9)14-11-15-25(30)10)36-32-28(22(5)6)18-13-19-29(32)23(7)8/h11-23H,1-10H3. The van der Waals surface area contributed by atoms with Crippen molar-refractivity contribution in [1.29, 1.82) is 0 Å². The molecule has 0 aromatic heterocycles. The lowest BCUT2D eigenvalue weighted by Gasteiger charge is -2.27. The van der Waals surface area contributed by atoms with E-state index in [0.717, 1.165) is 33.4 Å². The molecule has 0 unspecified atom stereocenters. The van der Waals surface area contributed by atoms with Crippen LogP contribution in [0.25, 0.3) is 0 Å². The predicted molar refractivity (Wildman–Crippen MR) is 155 cm³/mol. The van der Waals surface area contributed by atoms with Gasteiger partial charge in [0.25, 0.3) is 0 Å². The first-order valence-corrected chi connectivity index (χ1v) is 14.8. The van der Waals surface area contributed by atoms with E-state index in [-0.39, 0.29) is 23.7 Å². The highest BCUT2D eigenvalue weighted by atomic mass is 31.2. The largest absolute Gasteiger partial charge is 0.647 e. The Kier molecular flexibility index (Phi) is 9.18. The number of hydrogen-bond acceptors (Lipinski definition) is 4. The van der Waals surface area contributed by atoms with Gasteiger partial charge in [-0.3, -0.25) is 0 Å². The minimum Gasteiger partial charge on any atom is -0.385 e. The van der Waals surface area contributed by atoms with Gasteiger partial charge in [0.1, 0.15) is 17.2 Å². The Balaban J connectivity index is 2.25. The van der Waals surface area contributed by atoms with Crippen LogP contribution in [0.2, 0.25) is 0 Å². The maximum Gasteiger partial charge on any atom is 0.647 e. The Hall–Kier alpha value is -2.71. The summed E-state index contributed by atoms with van der Waals surface area (Å²) in [6.45, 7) is 20.7. The van der Waals surface area contributed by atoms with E-state index in [0.29, 0.717) is 17.2 Å². The van der Waals surface area contributed by atoms with Gasteiger partial charge in [-0.2, -0.15) is 4.57 Å². The summed E-state index contributed by atoms with van der Waals surface area (Å²) in [6.07, 6.45) is 0. The molecule has 3 rings (SSSR count). The normalized spacial score (nSPS) is 12.1. The zero-order valence-corrected chi connectivity index (χ0v) is 25.0. The summed E-state index contributed by atoms with van der Waals surface area (Å²) in [4.78, 5) is 0. The molecule has 0 spiro atoms. The van der Waals surface area contributed by atoms with E-state index in [1.165, 1.54) is 0 Å². The Morgan fingerprint density at radius 3 is 1.05 bits per heavy atom. The number of phosphoric acid groups is 1. The van der Waals surface area contributed by atoms with E-state index in [2.05, 4.69) is 55.4 Å². The maximum absolute atomic E-state index is 14.9. The van der Waals surface area contributed by atoms with Gasteiger partial charge in [-0.05, 0) is 70.9 Å². The van der Waals surface area contributed by atoms with Crippen molar-refractivity contribution in [3.63, 3.8) is 0 Å². The zero-order valence-electron chi connectivity index (χ0n) is 24.1. The molecule has 5 heteroatoms. The third-order valence-corrected chi connectivity index (χ3v) is 7.88. The fraction of sp³-hybridized carbons (Fsp3) is 0.438. The van der Waals surface area contributed by atoms with Crippen molar-refractivity contribution < 1.29 is 18.1 Å². The summed E-state index contributed by atoms with van der Waals surface area (Å²) in [5.74, 6) is 2.33. The zero-order chi connectivity index (χ0) is 27.5. The third kappa shape index (κ3) is 6.60. The van der Waals surface area contributed by atoms with Crippen molar-refractivity contribution in [3.8, 4) is 17.2 Å². The Morgan fingerprint density at radius 2 is 0.757 bits per heavy atom. The van der Waals surface area contributed by atoms with Crippen molar-refractivity contribution in [2.24, 2.45) is 0 Å². The minimum atomic E-state index is -4.21. The van der Waals surface area contributed by atoms with Crippen LogP contribution in [0.4, 0.5) is 0 Å². The van der Waals surface area contributed by atoms with Gasteiger partial charge in [0.15, 0.2) is 0 Å². The van der Waals surface area contributed by atoms with Crippen molar-refractivity contribution in [2.75, 3.05) is 0 Å². The number of benzene rings is 3. The quantitative estimate of drug-likeness (QED) is 0.248. The van der Waals surface area contributed by atoms with E-state index < -0.39 is 7.82 Å². The van der Waals surface area contributed by atoms with Crippen LogP contribution in [0.1, 0.15) is 112 Å². The van der Waals surface area contributed by atoms with Gasteiger partial charge in [-0.15, -0.1) is 0 Å². The van der Waals surface area contributed by atoms with E-state index in [1.807, 2.05) is 68.4 Å². The van der Waals surface area contributed by atoms with Gasteiger partial charge in [-0.1, -0.05) is 110 Å². The highest BCUT2D eigenvalue weighted by Gasteiger charge is 2.38. The van der Waals surface area contributed by atoms with Crippen LogP contribution in [0.5, 0.6) is 17.2 Å². The molecule has 3 aromatic rings. The second-order valence-electron chi connectivity index (χ2n) is 11.1. The topological polar surface area (TPSA) is 44.8 Å². The summed E-state index contributed by atoms with van der Waals surface area (Å²) >= 11 is 0. The molecule has 0 amide bonds. The van der Waals surface area contributed by atoms with Crippen molar-refractivity contribution in [3.05, 3.63) is 88.0 Å². The van der Waals surface area contributed by atoms with Gasteiger partial charge in [0, 0.05) is 0 Å². The Labute approximate surface area is 224 Å². The molecule has 0 bridgehead atoms. The van der Waals surface area contributed by atoms with Crippen LogP contribution in [0.15, 0.2) is 54.6 Å². The average molecular weight is 523 g/mol. The van der Waals surface area contributed by atoms with Crippen molar-refractivity contribution in [1.82, 2.24) is 0 Å². The molecule has 37 heavy (non-hydrogen) atoms. The molecule has 4 nitrogen and oxygen atoms in total. The molecule has 0 aliphatic carbocycles. The number of para-hydroxylation sites is 3. The van der Waals surface area contributed by atoms with Crippen molar-refractivity contribution in [2.45, 2.75) is 92.9 Å². The first-order chi connectivity index (χ1) is 17.3. The molecule has 200 valence electrons.